The highest BCUT2D eigenvalue weighted by atomic mass is 16.4. The van der Waals surface area contributed by atoms with Crippen LogP contribution >= 0.6 is 0 Å². The smallest absolute Gasteiger partial charge is 0.337 e. The summed E-state index contributed by atoms with van der Waals surface area (Å²) in [4.78, 5) is 10.7. The zero-order chi connectivity index (χ0) is 9.84. The summed E-state index contributed by atoms with van der Waals surface area (Å²) in [7, 11) is 1.63. The monoisotopic (exact) mass is 176 g/mol. The van der Waals surface area contributed by atoms with Crippen molar-refractivity contribution in [3.05, 3.63) is 29.3 Å². The molecule has 0 aliphatic carbocycles. The van der Waals surface area contributed by atoms with E-state index in [9.17, 15) is 4.79 Å². The normalized spacial score (nSPS) is 8.92. The molecule has 0 saturated heterocycles. The van der Waals surface area contributed by atoms with Crippen molar-refractivity contribution in [1.82, 2.24) is 0 Å². The number of carboxylic acid groups (broad SMARTS) is 1. The van der Waals surface area contributed by atoms with Gasteiger partial charge in [-0.05, 0) is 18.2 Å². The number of aromatic carboxylic acids is 1. The minimum absolute atomic E-state index is 0.113. The first-order valence-corrected chi connectivity index (χ1v) is 3.64. The highest BCUT2D eigenvalue weighted by Gasteiger charge is 2.09. The second-order valence-corrected chi connectivity index (χ2v) is 2.43. The number of rotatable bonds is 2. The van der Waals surface area contributed by atoms with Gasteiger partial charge in [-0.25, -0.2) is 4.79 Å². The number of hydrogen-bond acceptors (Lipinski definition) is 3. The number of nitriles is 1. The van der Waals surface area contributed by atoms with Gasteiger partial charge in [0, 0.05) is 12.7 Å². The van der Waals surface area contributed by atoms with E-state index in [0.717, 1.165) is 0 Å². The van der Waals surface area contributed by atoms with Crippen LogP contribution in [0.5, 0.6) is 0 Å². The van der Waals surface area contributed by atoms with E-state index in [4.69, 9.17) is 10.4 Å². The van der Waals surface area contributed by atoms with Gasteiger partial charge in [0.1, 0.15) is 0 Å². The zero-order valence-electron chi connectivity index (χ0n) is 7.03. The second kappa shape index (κ2) is 3.59. The van der Waals surface area contributed by atoms with Crippen molar-refractivity contribution in [3.8, 4) is 6.07 Å². The third-order valence-electron chi connectivity index (χ3n) is 1.65. The summed E-state index contributed by atoms with van der Waals surface area (Å²) >= 11 is 0. The summed E-state index contributed by atoms with van der Waals surface area (Å²) in [5, 5.41) is 20.0. The number of nitrogens with one attached hydrogen (secondary N) is 1. The molecule has 0 amide bonds. The highest BCUT2D eigenvalue weighted by molar-refractivity contribution is 5.94. The molecule has 66 valence electrons. The van der Waals surface area contributed by atoms with Crippen LogP contribution in [0.3, 0.4) is 0 Å². The number of benzene rings is 1. The van der Waals surface area contributed by atoms with Gasteiger partial charge in [-0.2, -0.15) is 5.26 Å². The Bertz CT molecular complexity index is 380. The molecule has 0 bridgehead atoms. The van der Waals surface area contributed by atoms with E-state index in [0.29, 0.717) is 11.3 Å². The van der Waals surface area contributed by atoms with Crippen molar-refractivity contribution in [3.63, 3.8) is 0 Å². The van der Waals surface area contributed by atoms with Crippen molar-refractivity contribution in [2.24, 2.45) is 0 Å². The fraction of sp³-hybridized carbons (Fsp3) is 0.111. The number of nitrogens with zero attached hydrogens (tertiary/aromatic N) is 1. The van der Waals surface area contributed by atoms with E-state index in [1.54, 1.807) is 19.2 Å². The maximum absolute atomic E-state index is 10.7. The molecule has 0 atom stereocenters. The Balaban J connectivity index is 3.28. The Morgan fingerprint density at radius 3 is 2.77 bits per heavy atom. The Hall–Kier alpha value is -2.02. The Morgan fingerprint density at radius 1 is 1.62 bits per heavy atom. The SMILES string of the molecule is CNc1ccc(C#N)cc1C(=O)O. The van der Waals surface area contributed by atoms with Gasteiger partial charge in [-0.1, -0.05) is 0 Å². The highest BCUT2D eigenvalue weighted by Crippen LogP contribution is 2.16. The molecule has 0 spiro atoms. The van der Waals surface area contributed by atoms with Crippen molar-refractivity contribution >= 4 is 11.7 Å². The minimum Gasteiger partial charge on any atom is -0.478 e. The van der Waals surface area contributed by atoms with Crippen LogP contribution in [0.2, 0.25) is 0 Å². The number of carbonyl (C=O) groups is 1. The third kappa shape index (κ3) is 1.76. The van der Waals surface area contributed by atoms with Crippen LogP contribution in [0.4, 0.5) is 5.69 Å². The number of anilines is 1. The first-order chi connectivity index (χ1) is 6.19. The standard InChI is InChI=1S/C9H8N2O2/c1-11-8-3-2-6(5-10)4-7(8)9(12)13/h2-4,11H,1H3,(H,12,13). The Labute approximate surface area is 75.4 Å². The van der Waals surface area contributed by atoms with E-state index in [1.807, 2.05) is 6.07 Å². The summed E-state index contributed by atoms with van der Waals surface area (Å²) in [6.07, 6.45) is 0. The molecule has 13 heavy (non-hydrogen) atoms. The van der Waals surface area contributed by atoms with Crippen LogP contribution in [0.25, 0.3) is 0 Å². The lowest BCUT2D eigenvalue weighted by atomic mass is 10.1. The van der Waals surface area contributed by atoms with Gasteiger partial charge in [-0.15, -0.1) is 0 Å². The summed E-state index contributed by atoms with van der Waals surface area (Å²) < 4.78 is 0. The van der Waals surface area contributed by atoms with Crippen molar-refractivity contribution in [2.75, 3.05) is 12.4 Å². The third-order valence-corrected chi connectivity index (χ3v) is 1.65. The molecular formula is C9H8N2O2. The predicted octanol–water partition coefficient (Wildman–Crippen LogP) is 1.30. The van der Waals surface area contributed by atoms with Gasteiger partial charge in [0.05, 0.1) is 17.2 Å². The van der Waals surface area contributed by atoms with E-state index >= 15 is 0 Å². The maximum atomic E-state index is 10.7. The molecule has 0 saturated carbocycles. The maximum Gasteiger partial charge on any atom is 0.337 e. The molecule has 1 aromatic carbocycles. The number of carboxylic acids is 1. The molecule has 1 rings (SSSR count). The van der Waals surface area contributed by atoms with Crippen LogP contribution < -0.4 is 5.32 Å². The van der Waals surface area contributed by atoms with Crippen molar-refractivity contribution in [2.45, 2.75) is 0 Å². The van der Waals surface area contributed by atoms with Crippen molar-refractivity contribution < 1.29 is 9.90 Å². The molecule has 0 heterocycles. The summed E-state index contributed by atoms with van der Waals surface area (Å²) in [5.74, 6) is -1.04. The molecule has 0 unspecified atom stereocenters. The summed E-state index contributed by atoms with van der Waals surface area (Å²) in [5.41, 5.74) is 0.962. The van der Waals surface area contributed by atoms with Crippen LogP contribution in [-0.2, 0) is 0 Å². The lowest BCUT2D eigenvalue weighted by molar-refractivity contribution is 0.0698. The Kier molecular flexibility index (Phi) is 2.50. The lowest BCUT2D eigenvalue weighted by Gasteiger charge is -2.04. The molecule has 0 fully saturated rings. The summed E-state index contributed by atoms with van der Waals surface area (Å²) in [6, 6.07) is 6.36. The molecule has 4 nitrogen and oxygen atoms in total. The largest absolute Gasteiger partial charge is 0.478 e. The van der Waals surface area contributed by atoms with Crippen LogP contribution in [-0.4, -0.2) is 18.1 Å². The van der Waals surface area contributed by atoms with Crippen LogP contribution in [0.15, 0.2) is 18.2 Å². The first-order valence-electron chi connectivity index (χ1n) is 3.64. The van der Waals surface area contributed by atoms with Crippen LogP contribution in [0, 0.1) is 11.3 Å². The molecular weight excluding hydrogens is 168 g/mol. The molecule has 4 heteroatoms. The van der Waals surface area contributed by atoms with Gasteiger partial charge in [0.15, 0.2) is 0 Å². The van der Waals surface area contributed by atoms with Crippen LogP contribution in [0.1, 0.15) is 15.9 Å². The quantitative estimate of drug-likeness (QED) is 0.712. The lowest BCUT2D eigenvalue weighted by Crippen LogP contribution is -2.02. The molecule has 2 N–H and O–H groups in total. The predicted molar refractivity (Wildman–Crippen MR) is 47.7 cm³/mol. The zero-order valence-corrected chi connectivity index (χ0v) is 7.03. The average Bonchev–Trinajstić information content (AvgIpc) is 2.16. The van der Waals surface area contributed by atoms with E-state index in [-0.39, 0.29) is 5.56 Å². The van der Waals surface area contributed by atoms with Gasteiger partial charge in [0.2, 0.25) is 0 Å². The minimum atomic E-state index is -1.04. The molecule has 0 aliphatic heterocycles. The van der Waals surface area contributed by atoms with Gasteiger partial charge >= 0.3 is 5.97 Å². The van der Waals surface area contributed by atoms with Gasteiger partial charge in [0.25, 0.3) is 0 Å². The molecule has 1 aromatic rings. The second-order valence-electron chi connectivity index (χ2n) is 2.43. The topological polar surface area (TPSA) is 73.1 Å². The molecule has 0 aliphatic rings. The summed E-state index contributed by atoms with van der Waals surface area (Å²) in [6.45, 7) is 0. The van der Waals surface area contributed by atoms with E-state index < -0.39 is 5.97 Å². The van der Waals surface area contributed by atoms with Gasteiger partial charge in [-0.3, -0.25) is 0 Å². The molecule has 0 aromatic heterocycles. The van der Waals surface area contributed by atoms with Crippen molar-refractivity contribution in [1.29, 1.82) is 5.26 Å². The average molecular weight is 176 g/mol. The number of hydrogen-bond donors (Lipinski definition) is 2. The van der Waals surface area contributed by atoms with E-state index in [1.165, 1.54) is 6.07 Å². The fourth-order valence-electron chi connectivity index (χ4n) is 1.01. The molecule has 0 radical (unpaired) electrons. The fourth-order valence-corrected chi connectivity index (χ4v) is 1.01. The van der Waals surface area contributed by atoms with E-state index in [2.05, 4.69) is 5.32 Å². The first kappa shape index (κ1) is 9.07. The van der Waals surface area contributed by atoms with Gasteiger partial charge < -0.3 is 10.4 Å². The Morgan fingerprint density at radius 2 is 2.31 bits per heavy atom.